The van der Waals surface area contributed by atoms with Crippen LogP contribution in [0.25, 0.3) is 0 Å². The van der Waals surface area contributed by atoms with E-state index in [1.54, 1.807) is 11.3 Å². The standard InChI is InChI=1S/C14H22BrN3S/c15-11-14(3-1-2-4-14)12-17-6-8-18(9-7-17)13-16-5-10-19-13/h5,10H,1-4,6-9,11-12H2. The minimum Gasteiger partial charge on any atom is -0.346 e. The van der Waals surface area contributed by atoms with Crippen LogP contribution in [0, 0.1) is 5.41 Å². The largest absolute Gasteiger partial charge is 0.346 e. The van der Waals surface area contributed by atoms with Gasteiger partial charge in [0.05, 0.1) is 0 Å². The van der Waals surface area contributed by atoms with Crippen LogP contribution in [0.15, 0.2) is 11.6 Å². The molecule has 1 aliphatic heterocycles. The minimum absolute atomic E-state index is 0.559. The summed E-state index contributed by atoms with van der Waals surface area (Å²) in [4.78, 5) is 9.51. The molecule has 3 nitrogen and oxygen atoms in total. The Bertz CT molecular complexity index is 381. The van der Waals surface area contributed by atoms with Gasteiger partial charge in [0, 0.05) is 49.6 Å². The van der Waals surface area contributed by atoms with Crippen molar-refractivity contribution in [2.75, 3.05) is 43.0 Å². The fraction of sp³-hybridized carbons (Fsp3) is 0.786. The Morgan fingerprint density at radius 2 is 1.95 bits per heavy atom. The average molecular weight is 344 g/mol. The second-order valence-corrected chi connectivity index (χ2v) is 7.35. The summed E-state index contributed by atoms with van der Waals surface area (Å²) in [6.07, 6.45) is 7.57. The van der Waals surface area contributed by atoms with Gasteiger partial charge in [0.2, 0.25) is 0 Å². The number of anilines is 1. The molecule has 0 amide bonds. The molecule has 2 fully saturated rings. The second-order valence-electron chi connectivity index (χ2n) is 5.92. The summed E-state index contributed by atoms with van der Waals surface area (Å²) in [6, 6.07) is 0. The number of hydrogen-bond donors (Lipinski definition) is 0. The minimum atomic E-state index is 0.559. The molecule has 1 aliphatic carbocycles. The molecule has 0 aromatic carbocycles. The lowest BCUT2D eigenvalue weighted by atomic mass is 9.88. The Labute approximate surface area is 128 Å². The number of aromatic nitrogens is 1. The molecule has 3 rings (SSSR count). The summed E-state index contributed by atoms with van der Waals surface area (Å²) >= 11 is 5.51. The van der Waals surface area contributed by atoms with Crippen LogP contribution >= 0.6 is 27.3 Å². The molecular weight excluding hydrogens is 322 g/mol. The molecule has 1 aromatic rings. The predicted octanol–water partition coefficient (Wildman–Crippen LogP) is 3.22. The fourth-order valence-electron chi connectivity index (χ4n) is 3.40. The molecule has 1 aromatic heterocycles. The Morgan fingerprint density at radius 1 is 1.21 bits per heavy atom. The van der Waals surface area contributed by atoms with Gasteiger partial charge in [0.25, 0.3) is 0 Å². The van der Waals surface area contributed by atoms with Crippen LogP contribution in [0.1, 0.15) is 25.7 Å². The van der Waals surface area contributed by atoms with Crippen molar-refractivity contribution in [1.82, 2.24) is 9.88 Å². The third-order valence-electron chi connectivity index (χ3n) is 4.57. The molecule has 0 atom stereocenters. The van der Waals surface area contributed by atoms with Crippen molar-refractivity contribution in [1.29, 1.82) is 0 Å². The van der Waals surface area contributed by atoms with Gasteiger partial charge < -0.3 is 4.90 Å². The molecule has 1 saturated carbocycles. The number of rotatable bonds is 4. The van der Waals surface area contributed by atoms with Gasteiger partial charge in [-0.3, -0.25) is 4.90 Å². The Morgan fingerprint density at radius 3 is 2.53 bits per heavy atom. The number of piperazine rings is 1. The zero-order valence-corrected chi connectivity index (χ0v) is 13.8. The quantitative estimate of drug-likeness (QED) is 0.782. The highest BCUT2D eigenvalue weighted by molar-refractivity contribution is 9.09. The maximum atomic E-state index is 4.42. The summed E-state index contributed by atoms with van der Waals surface area (Å²) in [7, 11) is 0. The fourth-order valence-corrected chi connectivity index (χ4v) is 4.84. The van der Waals surface area contributed by atoms with E-state index in [4.69, 9.17) is 0 Å². The number of hydrogen-bond acceptors (Lipinski definition) is 4. The Kier molecular flexibility index (Phi) is 4.44. The van der Waals surface area contributed by atoms with E-state index in [0.29, 0.717) is 5.41 Å². The van der Waals surface area contributed by atoms with Crippen molar-refractivity contribution in [3.8, 4) is 0 Å². The van der Waals surface area contributed by atoms with Crippen molar-refractivity contribution >= 4 is 32.4 Å². The Hall–Kier alpha value is -0.130. The van der Waals surface area contributed by atoms with Gasteiger partial charge >= 0.3 is 0 Å². The lowest BCUT2D eigenvalue weighted by Gasteiger charge is -2.39. The molecule has 0 bridgehead atoms. The third-order valence-corrected chi connectivity index (χ3v) is 6.59. The first-order valence-electron chi connectivity index (χ1n) is 7.24. The molecule has 1 saturated heterocycles. The van der Waals surface area contributed by atoms with Crippen LogP contribution in [-0.4, -0.2) is 47.9 Å². The van der Waals surface area contributed by atoms with Gasteiger partial charge in [-0.1, -0.05) is 28.8 Å². The van der Waals surface area contributed by atoms with Crippen LogP contribution in [0.3, 0.4) is 0 Å². The summed E-state index contributed by atoms with van der Waals surface area (Å²) < 4.78 is 0. The van der Waals surface area contributed by atoms with E-state index in [0.717, 1.165) is 13.1 Å². The SMILES string of the molecule is BrCC1(CN2CCN(c3nccs3)CC2)CCCC1. The van der Waals surface area contributed by atoms with Crippen molar-refractivity contribution in [2.24, 2.45) is 5.41 Å². The third kappa shape index (κ3) is 3.14. The summed E-state index contributed by atoms with van der Waals surface area (Å²) in [5, 5.41) is 4.43. The first-order chi connectivity index (χ1) is 9.31. The molecule has 106 valence electrons. The number of alkyl halides is 1. The Balaban J connectivity index is 1.53. The molecule has 2 aliphatic rings. The number of halogens is 1. The first-order valence-corrected chi connectivity index (χ1v) is 9.24. The van der Waals surface area contributed by atoms with Gasteiger partial charge in [0.15, 0.2) is 5.13 Å². The van der Waals surface area contributed by atoms with E-state index < -0.39 is 0 Å². The highest BCUT2D eigenvalue weighted by Crippen LogP contribution is 2.40. The maximum Gasteiger partial charge on any atom is 0.185 e. The van der Waals surface area contributed by atoms with E-state index in [9.17, 15) is 0 Å². The first kappa shape index (κ1) is 13.8. The van der Waals surface area contributed by atoms with E-state index in [-0.39, 0.29) is 0 Å². The van der Waals surface area contributed by atoms with Gasteiger partial charge in [0.1, 0.15) is 0 Å². The molecule has 0 radical (unpaired) electrons. The van der Waals surface area contributed by atoms with Crippen LogP contribution in [0.4, 0.5) is 5.13 Å². The predicted molar refractivity (Wildman–Crippen MR) is 85.5 cm³/mol. The average Bonchev–Trinajstić information content (AvgIpc) is 3.11. The lowest BCUT2D eigenvalue weighted by Crippen LogP contribution is -2.49. The maximum absolute atomic E-state index is 4.42. The number of nitrogens with zero attached hydrogens (tertiary/aromatic N) is 3. The summed E-state index contributed by atoms with van der Waals surface area (Å²) in [6.45, 7) is 5.92. The van der Waals surface area contributed by atoms with Crippen molar-refractivity contribution in [3.63, 3.8) is 0 Å². The van der Waals surface area contributed by atoms with Gasteiger partial charge in [-0.25, -0.2) is 4.98 Å². The van der Waals surface area contributed by atoms with Crippen LogP contribution < -0.4 is 4.90 Å². The van der Waals surface area contributed by atoms with Crippen molar-refractivity contribution < 1.29 is 0 Å². The lowest BCUT2D eigenvalue weighted by molar-refractivity contribution is 0.164. The van der Waals surface area contributed by atoms with Crippen molar-refractivity contribution in [2.45, 2.75) is 25.7 Å². The molecule has 0 unspecified atom stereocenters. The van der Waals surface area contributed by atoms with E-state index >= 15 is 0 Å². The van der Waals surface area contributed by atoms with Gasteiger partial charge in [-0.2, -0.15) is 0 Å². The van der Waals surface area contributed by atoms with Crippen LogP contribution in [0.5, 0.6) is 0 Å². The zero-order chi connectivity index (χ0) is 13.1. The van der Waals surface area contributed by atoms with E-state index in [2.05, 4.69) is 36.1 Å². The van der Waals surface area contributed by atoms with Crippen LogP contribution in [0.2, 0.25) is 0 Å². The van der Waals surface area contributed by atoms with E-state index in [1.807, 2.05) is 6.20 Å². The van der Waals surface area contributed by atoms with Crippen LogP contribution in [-0.2, 0) is 0 Å². The normalized spacial score (nSPS) is 23.9. The zero-order valence-electron chi connectivity index (χ0n) is 11.4. The number of thiazole rings is 1. The topological polar surface area (TPSA) is 19.4 Å². The van der Waals surface area contributed by atoms with Gasteiger partial charge in [-0.15, -0.1) is 11.3 Å². The molecule has 0 spiro atoms. The summed E-state index contributed by atoms with van der Waals surface area (Å²) in [5.74, 6) is 0. The smallest absolute Gasteiger partial charge is 0.185 e. The highest BCUT2D eigenvalue weighted by Gasteiger charge is 2.35. The van der Waals surface area contributed by atoms with E-state index in [1.165, 1.54) is 55.8 Å². The molecular formula is C14H22BrN3S. The second kappa shape index (κ2) is 6.10. The molecule has 5 heteroatoms. The monoisotopic (exact) mass is 343 g/mol. The molecule has 19 heavy (non-hydrogen) atoms. The van der Waals surface area contributed by atoms with Crippen molar-refractivity contribution in [3.05, 3.63) is 11.6 Å². The molecule has 2 heterocycles. The summed E-state index contributed by atoms with van der Waals surface area (Å²) in [5.41, 5.74) is 0.559. The molecule has 0 N–H and O–H groups in total. The van der Waals surface area contributed by atoms with Gasteiger partial charge in [-0.05, 0) is 18.3 Å². The highest BCUT2D eigenvalue weighted by atomic mass is 79.9.